The van der Waals surface area contributed by atoms with E-state index in [0.29, 0.717) is 5.57 Å². The summed E-state index contributed by atoms with van der Waals surface area (Å²) in [6.07, 6.45) is 2.03. The second-order valence-corrected chi connectivity index (χ2v) is 16.5. The molecule has 0 amide bonds. The number of hydrogen-bond acceptors (Lipinski definition) is 4. The van der Waals surface area contributed by atoms with Crippen molar-refractivity contribution in [3.63, 3.8) is 0 Å². The topological polar surface area (TPSA) is 39.9 Å². The van der Waals surface area contributed by atoms with Crippen LogP contribution in [-0.4, -0.2) is 27.6 Å². The third-order valence-electron chi connectivity index (χ3n) is 6.40. The number of hydrogen-bond donors (Lipinski definition) is 0. The van der Waals surface area contributed by atoms with Crippen LogP contribution in [0.5, 0.6) is 0 Å². The van der Waals surface area contributed by atoms with Gasteiger partial charge in [-0.1, -0.05) is 0 Å². The van der Waals surface area contributed by atoms with Crippen LogP contribution in [0.15, 0.2) is 84.9 Å². The van der Waals surface area contributed by atoms with E-state index in [1.54, 1.807) is 11.3 Å². The molecule has 34 heavy (non-hydrogen) atoms. The van der Waals surface area contributed by atoms with Gasteiger partial charge >= 0.3 is 211 Å². The van der Waals surface area contributed by atoms with Crippen molar-refractivity contribution in [1.82, 2.24) is 4.98 Å². The molecule has 164 valence electrons. The summed E-state index contributed by atoms with van der Waals surface area (Å²) in [5, 5.41) is 13.6. The number of nitriles is 1. The molecule has 0 radical (unpaired) electrons. The zero-order valence-corrected chi connectivity index (χ0v) is 22.3. The first-order valence-corrected chi connectivity index (χ1v) is 16.7. The molecule has 3 nitrogen and oxygen atoms in total. The summed E-state index contributed by atoms with van der Waals surface area (Å²) >= 11 is 1.66. The molecule has 0 unspecified atom stereocenters. The number of thiazole rings is 1. The summed E-state index contributed by atoms with van der Waals surface area (Å²) in [5.74, 6) is 0. The normalized spacial score (nSPS) is 14.5. The summed E-state index contributed by atoms with van der Waals surface area (Å²) in [6.45, 7) is 4.89. The monoisotopic (exact) mass is 539 g/mol. The van der Waals surface area contributed by atoms with E-state index in [1.807, 2.05) is 24.3 Å². The molecule has 1 aliphatic rings. The van der Waals surface area contributed by atoms with Crippen LogP contribution in [0.25, 0.3) is 21.9 Å². The molecule has 0 aliphatic carbocycles. The number of nitrogens with zero attached hydrogens (tertiary/aromatic N) is 3. The molecule has 0 bridgehead atoms. The van der Waals surface area contributed by atoms with Crippen molar-refractivity contribution in [1.29, 1.82) is 5.26 Å². The molecule has 0 spiro atoms. The van der Waals surface area contributed by atoms with Gasteiger partial charge < -0.3 is 0 Å². The van der Waals surface area contributed by atoms with E-state index in [-0.39, 0.29) is 14.5 Å². The Hall–Kier alpha value is -3.20. The van der Waals surface area contributed by atoms with Crippen molar-refractivity contribution in [2.75, 3.05) is 4.90 Å². The molecule has 0 saturated carbocycles. The molecular formula is C28H21N3SSeSi. The first-order valence-electron chi connectivity index (χ1n) is 11.1. The zero-order chi connectivity index (χ0) is 23.3. The number of para-hydroxylation sites is 3. The molecule has 0 saturated heterocycles. The van der Waals surface area contributed by atoms with Crippen LogP contribution in [0.4, 0.5) is 15.9 Å². The predicted molar refractivity (Wildman–Crippen MR) is 148 cm³/mol. The van der Waals surface area contributed by atoms with Crippen molar-refractivity contribution in [3.8, 4) is 6.07 Å². The molecule has 0 atom stereocenters. The van der Waals surface area contributed by atoms with Crippen LogP contribution in [-0.2, 0) is 0 Å². The fourth-order valence-electron chi connectivity index (χ4n) is 4.72. The predicted octanol–water partition coefficient (Wildman–Crippen LogP) is 6.02. The first kappa shape index (κ1) is 21.3. The molecule has 6 heteroatoms. The zero-order valence-electron chi connectivity index (χ0n) is 18.8. The van der Waals surface area contributed by atoms with E-state index in [1.165, 1.54) is 30.7 Å². The van der Waals surface area contributed by atoms with Gasteiger partial charge in [0.15, 0.2) is 0 Å². The van der Waals surface area contributed by atoms with Crippen molar-refractivity contribution in [2.24, 2.45) is 0 Å². The van der Waals surface area contributed by atoms with Crippen molar-refractivity contribution in [3.05, 3.63) is 94.4 Å². The third kappa shape index (κ3) is 3.41. The second-order valence-electron chi connectivity index (χ2n) is 8.83. The molecule has 1 aliphatic heterocycles. The quantitative estimate of drug-likeness (QED) is 0.208. The number of anilines is 3. The Kier molecular flexibility index (Phi) is 5.16. The van der Waals surface area contributed by atoms with Crippen molar-refractivity contribution >= 4 is 82.1 Å². The second kappa shape index (κ2) is 8.23. The van der Waals surface area contributed by atoms with Gasteiger partial charge in [0.2, 0.25) is 0 Å². The van der Waals surface area contributed by atoms with Crippen LogP contribution < -0.4 is 15.3 Å². The van der Waals surface area contributed by atoms with Gasteiger partial charge in [-0.2, -0.15) is 0 Å². The van der Waals surface area contributed by atoms with E-state index < -0.39 is 8.07 Å². The van der Waals surface area contributed by atoms with E-state index in [9.17, 15) is 5.26 Å². The van der Waals surface area contributed by atoms with Crippen LogP contribution >= 0.6 is 11.3 Å². The molecule has 2 aromatic heterocycles. The van der Waals surface area contributed by atoms with Crippen LogP contribution in [0.3, 0.4) is 0 Å². The Balaban J connectivity index is 1.44. The minimum absolute atomic E-state index is 0.0854. The van der Waals surface area contributed by atoms with Gasteiger partial charge in [-0.15, -0.1) is 0 Å². The Bertz CT molecular complexity index is 1540. The molecule has 5 aromatic rings. The van der Waals surface area contributed by atoms with E-state index in [2.05, 4.69) is 90.8 Å². The number of fused-ring (bicyclic) bond motifs is 3. The Morgan fingerprint density at radius 2 is 1.56 bits per heavy atom. The van der Waals surface area contributed by atoms with E-state index in [4.69, 9.17) is 4.98 Å². The molecule has 0 fully saturated rings. The summed E-state index contributed by atoms with van der Waals surface area (Å²) < 4.78 is 3.59. The van der Waals surface area contributed by atoms with Crippen molar-refractivity contribution < 1.29 is 0 Å². The number of rotatable bonds is 3. The van der Waals surface area contributed by atoms with E-state index in [0.717, 1.165) is 15.2 Å². The van der Waals surface area contributed by atoms with E-state index >= 15 is 0 Å². The van der Waals surface area contributed by atoms with Crippen LogP contribution in [0.2, 0.25) is 13.1 Å². The van der Waals surface area contributed by atoms with Gasteiger partial charge in [-0.25, -0.2) is 0 Å². The Morgan fingerprint density at radius 1 is 0.912 bits per heavy atom. The SMILES string of the molecule is C[Si]1(C)c2ccccc2N(c2ccc(/C=C(\C#N)c3nc4ccccc4s3)[se]2)c2ccccc21. The molecule has 6 rings (SSSR count). The van der Waals surface area contributed by atoms with Gasteiger partial charge in [0, 0.05) is 0 Å². The maximum atomic E-state index is 9.90. The summed E-state index contributed by atoms with van der Waals surface area (Å²) in [6, 6.07) is 32.6. The molecule has 3 aromatic carbocycles. The number of allylic oxidation sites excluding steroid dienone is 1. The minimum atomic E-state index is -1.77. The van der Waals surface area contributed by atoms with Crippen molar-refractivity contribution in [2.45, 2.75) is 13.1 Å². The van der Waals surface area contributed by atoms with Crippen LogP contribution in [0.1, 0.15) is 9.44 Å². The Labute approximate surface area is 210 Å². The first-order chi connectivity index (χ1) is 16.6. The maximum absolute atomic E-state index is 9.90. The van der Waals surface area contributed by atoms with Gasteiger partial charge in [-0.3, -0.25) is 0 Å². The van der Waals surface area contributed by atoms with Gasteiger partial charge in [-0.05, 0) is 0 Å². The van der Waals surface area contributed by atoms with Crippen LogP contribution in [0, 0.1) is 11.3 Å². The Morgan fingerprint density at radius 3 is 2.24 bits per heavy atom. The number of benzene rings is 3. The third-order valence-corrected chi connectivity index (χ3v) is 13.1. The summed E-state index contributed by atoms with van der Waals surface area (Å²) in [7, 11) is -1.77. The fraction of sp³-hybridized carbons (Fsp3) is 0.0714. The van der Waals surface area contributed by atoms with Gasteiger partial charge in [0.05, 0.1) is 0 Å². The van der Waals surface area contributed by atoms with Gasteiger partial charge in [0.25, 0.3) is 0 Å². The fourth-order valence-corrected chi connectivity index (χ4v) is 10.7. The standard InChI is InChI=1S/C28H21N3SSeSi/c1-34(2)25-13-7-4-10-22(25)31(23-11-5-8-14-26(23)34)27-16-15-20(33-27)17-19(18-29)28-30-21-9-3-6-12-24(21)32-28/h3-17H,1-2H3/b19-17+. The number of aromatic nitrogens is 1. The van der Waals surface area contributed by atoms with Gasteiger partial charge in [0.1, 0.15) is 0 Å². The summed E-state index contributed by atoms with van der Waals surface area (Å²) in [4.78, 5) is 7.14. The molecule has 0 N–H and O–H groups in total. The molecule has 3 heterocycles. The average molecular weight is 539 g/mol. The average Bonchev–Trinajstić information content (AvgIpc) is 3.50. The molecular weight excluding hydrogens is 517 g/mol. The summed E-state index contributed by atoms with van der Waals surface area (Å²) in [5.41, 5.74) is 4.19.